The molecule has 0 radical (unpaired) electrons. The molecule has 1 rings (SSSR count). The van der Waals surface area contributed by atoms with Crippen molar-refractivity contribution in [3.8, 4) is 0 Å². The standard InChI is InChI=1S/C5H3BrN2O3S/c6-4-1-3(2-7-9)5(12-4)8(10)11/h1H,2H2. The van der Waals surface area contributed by atoms with Crippen LogP contribution in [0.1, 0.15) is 5.56 Å². The summed E-state index contributed by atoms with van der Waals surface area (Å²) in [5.41, 5.74) is 0.354. The third-order valence-electron chi connectivity index (χ3n) is 1.16. The summed E-state index contributed by atoms with van der Waals surface area (Å²) < 4.78 is 0.632. The maximum Gasteiger partial charge on any atom is 0.330 e. The van der Waals surface area contributed by atoms with Crippen LogP contribution in [0, 0.1) is 15.0 Å². The molecule has 0 aliphatic carbocycles. The van der Waals surface area contributed by atoms with Crippen molar-refractivity contribution in [2.45, 2.75) is 6.54 Å². The van der Waals surface area contributed by atoms with E-state index in [4.69, 9.17) is 0 Å². The largest absolute Gasteiger partial charge is 0.330 e. The molecule has 7 heteroatoms. The predicted octanol–water partition coefficient (Wildman–Crippen LogP) is 2.69. The second-order valence-corrected chi connectivity index (χ2v) is 4.34. The highest BCUT2D eigenvalue weighted by molar-refractivity contribution is 9.11. The number of rotatable bonds is 3. The van der Waals surface area contributed by atoms with Gasteiger partial charge in [-0.3, -0.25) is 10.1 Å². The second kappa shape index (κ2) is 3.72. The fourth-order valence-corrected chi connectivity index (χ4v) is 2.17. The van der Waals surface area contributed by atoms with E-state index < -0.39 is 4.92 Å². The van der Waals surface area contributed by atoms with Crippen LogP contribution >= 0.6 is 27.3 Å². The number of nitrogens with zero attached hydrogens (tertiary/aromatic N) is 2. The molecule has 0 aromatic carbocycles. The van der Waals surface area contributed by atoms with E-state index in [0.717, 1.165) is 11.3 Å². The van der Waals surface area contributed by atoms with Crippen LogP contribution in [0.3, 0.4) is 0 Å². The van der Waals surface area contributed by atoms with Crippen LogP contribution in [0.2, 0.25) is 0 Å². The molecule has 0 saturated carbocycles. The van der Waals surface area contributed by atoms with Gasteiger partial charge in [-0.05, 0) is 22.0 Å². The highest BCUT2D eigenvalue weighted by Crippen LogP contribution is 2.33. The van der Waals surface area contributed by atoms with Gasteiger partial charge in [-0.2, -0.15) is 4.91 Å². The van der Waals surface area contributed by atoms with Gasteiger partial charge in [-0.15, -0.1) is 0 Å². The van der Waals surface area contributed by atoms with Gasteiger partial charge in [0.1, 0.15) is 6.54 Å². The molecule has 0 aliphatic heterocycles. The molecular formula is C5H3BrN2O3S. The van der Waals surface area contributed by atoms with Gasteiger partial charge in [0.25, 0.3) is 0 Å². The van der Waals surface area contributed by atoms with Crippen molar-refractivity contribution in [2.24, 2.45) is 5.18 Å². The summed E-state index contributed by atoms with van der Waals surface area (Å²) in [5.74, 6) is 0. The van der Waals surface area contributed by atoms with Crippen molar-refractivity contribution < 1.29 is 4.92 Å². The molecule has 12 heavy (non-hydrogen) atoms. The van der Waals surface area contributed by atoms with Crippen molar-refractivity contribution in [2.75, 3.05) is 0 Å². The number of thiophene rings is 1. The van der Waals surface area contributed by atoms with E-state index in [2.05, 4.69) is 21.1 Å². The smallest absolute Gasteiger partial charge is 0.258 e. The lowest BCUT2D eigenvalue weighted by Gasteiger charge is -1.86. The zero-order valence-corrected chi connectivity index (χ0v) is 8.09. The van der Waals surface area contributed by atoms with E-state index in [1.165, 1.54) is 6.07 Å². The van der Waals surface area contributed by atoms with E-state index in [1.54, 1.807) is 0 Å². The quantitative estimate of drug-likeness (QED) is 0.471. The average Bonchev–Trinajstić information content (AvgIpc) is 2.32. The number of nitroso groups, excluding NO2 is 1. The summed E-state index contributed by atoms with van der Waals surface area (Å²) in [6.45, 7) is -0.154. The van der Waals surface area contributed by atoms with Gasteiger partial charge in [0.05, 0.1) is 14.3 Å². The van der Waals surface area contributed by atoms with Crippen LogP contribution in [0.25, 0.3) is 0 Å². The van der Waals surface area contributed by atoms with Gasteiger partial charge in [-0.1, -0.05) is 16.5 Å². The molecule has 1 aromatic rings. The van der Waals surface area contributed by atoms with E-state index >= 15 is 0 Å². The molecule has 0 saturated heterocycles. The fourth-order valence-electron chi connectivity index (χ4n) is 0.723. The zero-order chi connectivity index (χ0) is 9.14. The molecule has 0 fully saturated rings. The van der Waals surface area contributed by atoms with Crippen molar-refractivity contribution in [1.82, 2.24) is 0 Å². The Bertz CT molecular complexity index is 324. The minimum Gasteiger partial charge on any atom is -0.258 e. The van der Waals surface area contributed by atoms with Crippen LogP contribution in [-0.4, -0.2) is 4.92 Å². The average molecular weight is 251 g/mol. The first-order valence-corrected chi connectivity index (χ1v) is 4.48. The number of nitro groups is 1. The fraction of sp³-hybridized carbons (Fsp3) is 0.200. The molecule has 0 N–H and O–H groups in total. The van der Waals surface area contributed by atoms with Crippen LogP contribution in [-0.2, 0) is 6.54 Å². The first kappa shape index (κ1) is 9.27. The number of hydrogen-bond acceptors (Lipinski definition) is 5. The molecule has 0 amide bonds. The molecule has 0 unspecified atom stereocenters. The van der Waals surface area contributed by atoms with Gasteiger partial charge < -0.3 is 0 Å². The highest BCUT2D eigenvalue weighted by atomic mass is 79.9. The van der Waals surface area contributed by atoms with Crippen molar-refractivity contribution in [1.29, 1.82) is 0 Å². The van der Waals surface area contributed by atoms with Crippen LogP contribution < -0.4 is 0 Å². The summed E-state index contributed by atoms with van der Waals surface area (Å²) in [4.78, 5) is 19.7. The van der Waals surface area contributed by atoms with Gasteiger partial charge in [0, 0.05) is 0 Å². The topological polar surface area (TPSA) is 72.6 Å². The van der Waals surface area contributed by atoms with E-state index in [-0.39, 0.29) is 11.5 Å². The molecule has 0 spiro atoms. The first-order valence-electron chi connectivity index (χ1n) is 2.87. The molecule has 0 bridgehead atoms. The summed E-state index contributed by atoms with van der Waals surface area (Å²) in [7, 11) is 0. The van der Waals surface area contributed by atoms with Gasteiger partial charge in [0.15, 0.2) is 0 Å². The third-order valence-corrected chi connectivity index (χ3v) is 2.79. The lowest BCUT2D eigenvalue weighted by atomic mass is 10.3. The molecule has 64 valence electrons. The van der Waals surface area contributed by atoms with E-state index in [0.29, 0.717) is 9.35 Å². The van der Waals surface area contributed by atoms with E-state index in [9.17, 15) is 15.0 Å². The summed E-state index contributed by atoms with van der Waals surface area (Å²) in [6.07, 6.45) is 0. The number of halogens is 1. The number of hydrogen-bond donors (Lipinski definition) is 0. The Balaban J connectivity index is 3.07. The Hall–Kier alpha value is -0.820. The predicted molar refractivity (Wildman–Crippen MR) is 48.2 cm³/mol. The lowest BCUT2D eigenvalue weighted by molar-refractivity contribution is -0.380. The van der Waals surface area contributed by atoms with Crippen LogP contribution in [0.15, 0.2) is 15.0 Å². The van der Waals surface area contributed by atoms with Crippen molar-refractivity contribution in [3.63, 3.8) is 0 Å². The monoisotopic (exact) mass is 250 g/mol. The molecule has 0 atom stereocenters. The highest BCUT2D eigenvalue weighted by Gasteiger charge is 2.17. The maximum atomic E-state index is 10.4. The zero-order valence-electron chi connectivity index (χ0n) is 5.69. The van der Waals surface area contributed by atoms with Gasteiger partial charge >= 0.3 is 5.00 Å². The lowest BCUT2D eigenvalue weighted by Crippen LogP contribution is -1.88. The van der Waals surface area contributed by atoms with Crippen molar-refractivity contribution in [3.05, 3.63) is 30.4 Å². The Labute approximate surface area is 79.7 Å². The van der Waals surface area contributed by atoms with Gasteiger partial charge in [-0.25, -0.2) is 0 Å². The van der Waals surface area contributed by atoms with E-state index in [1.807, 2.05) is 0 Å². The Morgan fingerprint density at radius 3 is 2.92 bits per heavy atom. The summed E-state index contributed by atoms with van der Waals surface area (Å²) >= 11 is 4.07. The van der Waals surface area contributed by atoms with Gasteiger partial charge in [0.2, 0.25) is 0 Å². The van der Waals surface area contributed by atoms with Crippen LogP contribution in [0.4, 0.5) is 5.00 Å². The summed E-state index contributed by atoms with van der Waals surface area (Å²) in [6, 6.07) is 1.53. The normalized spacial score (nSPS) is 9.75. The minimum absolute atomic E-state index is 0.0264. The van der Waals surface area contributed by atoms with Crippen LogP contribution in [0.5, 0.6) is 0 Å². The third kappa shape index (κ3) is 1.86. The first-order chi connectivity index (χ1) is 5.65. The minimum atomic E-state index is -0.518. The van der Waals surface area contributed by atoms with Crippen molar-refractivity contribution >= 4 is 32.3 Å². The molecular weight excluding hydrogens is 248 g/mol. The molecule has 1 heterocycles. The maximum absolute atomic E-state index is 10.4. The molecule has 0 aliphatic rings. The Morgan fingerprint density at radius 1 is 1.75 bits per heavy atom. The Morgan fingerprint density at radius 2 is 2.42 bits per heavy atom. The SMILES string of the molecule is O=NCc1cc(Br)sc1[N+](=O)[O-]. The molecule has 1 aromatic heterocycles. The Kier molecular flexibility index (Phi) is 2.88. The second-order valence-electron chi connectivity index (χ2n) is 1.93. The summed E-state index contributed by atoms with van der Waals surface area (Å²) in [5, 5.41) is 12.9. The molecule has 5 nitrogen and oxygen atoms in total.